The highest BCUT2D eigenvalue weighted by Crippen LogP contribution is 2.14. The number of allylic oxidation sites excluding steroid dienone is 1. The number of hydrogen-bond acceptors (Lipinski definition) is 2. The minimum Gasteiger partial charge on any atom is -0.271 e. The van der Waals surface area contributed by atoms with Crippen LogP contribution in [0.5, 0.6) is 0 Å². The van der Waals surface area contributed by atoms with E-state index < -0.39 is 0 Å². The second-order valence-electron chi connectivity index (χ2n) is 2.25. The van der Waals surface area contributed by atoms with Crippen molar-refractivity contribution in [2.75, 3.05) is 0 Å². The maximum atomic E-state index is 4.12. The summed E-state index contributed by atoms with van der Waals surface area (Å²) < 4.78 is 1.79. The number of aliphatic imine (C=N–C) groups is 1. The molecule has 1 aromatic heterocycles. The van der Waals surface area contributed by atoms with Crippen LogP contribution in [-0.2, 0) is 7.05 Å². The van der Waals surface area contributed by atoms with Crippen molar-refractivity contribution in [3.05, 3.63) is 24.5 Å². The normalized spacial score (nSPS) is 8.67. The van der Waals surface area contributed by atoms with Gasteiger partial charge in [-0.3, -0.25) is 9.67 Å². The lowest BCUT2D eigenvalue weighted by atomic mass is 10.4. The zero-order valence-corrected chi connectivity index (χ0v) is 10.8. The predicted molar refractivity (Wildman–Crippen MR) is 69.0 cm³/mol. The van der Waals surface area contributed by atoms with Gasteiger partial charge in [-0.15, -0.1) is 0 Å². The molecular formula is C12H23N3. The van der Waals surface area contributed by atoms with Gasteiger partial charge < -0.3 is 0 Å². The zero-order valence-electron chi connectivity index (χ0n) is 10.8. The fraction of sp³-hybridized carbons (Fsp3) is 0.500. The molecule has 0 radical (unpaired) electrons. The lowest BCUT2D eigenvalue weighted by Crippen LogP contribution is -1.91. The van der Waals surface area contributed by atoms with Gasteiger partial charge in [0.25, 0.3) is 0 Å². The second kappa shape index (κ2) is 10.7. The van der Waals surface area contributed by atoms with E-state index in [4.69, 9.17) is 0 Å². The van der Waals surface area contributed by atoms with Gasteiger partial charge >= 0.3 is 0 Å². The first-order valence-electron chi connectivity index (χ1n) is 5.39. The van der Waals surface area contributed by atoms with Gasteiger partial charge in [-0.1, -0.05) is 40.3 Å². The molecule has 1 aromatic rings. The monoisotopic (exact) mass is 209 g/mol. The Bertz CT molecular complexity index is 285. The molecule has 0 bridgehead atoms. The molecule has 15 heavy (non-hydrogen) atoms. The maximum absolute atomic E-state index is 4.12. The Morgan fingerprint density at radius 2 is 1.87 bits per heavy atom. The van der Waals surface area contributed by atoms with Gasteiger partial charge in [-0.25, -0.2) is 0 Å². The molecule has 0 spiro atoms. The molecule has 86 valence electrons. The zero-order chi connectivity index (χ0) is 12.3. The third-order valence-electron chi connectivity index (χ3n) is 1.53. The third-order valence-corrected chi connectivity index (χ3v) is 1.53. The van der Waals surface area contributed by atoms with Crippen LogP contribution in [-0.4, -0.2) is 16.0 Å². The molecule has 0 fully saturated rings. The van der Waals surface area contributed by atoms with Gasteiger partial charge in [-0.05, 0) is 6.92 Å². The topological polar surface area (TPSA) is 30.2 Å². The number of nitrogens with zero attached hydrogens (tertiary/aromatic N) is 3. The summed E-state index contributed by atoms with van der Waals surface area (Å²) in [5.74, 6) is 0. The van der Waals surface area contributed by atoms with Crippen LogP contribution in [0.25, 0.3) is 0 Å². The summed E-state index contributed by atoms with van der Waals surface area (Å²) >= 11 is 0. The van der Waals surface area contributed by atoms with Crippen molar-refractivity contribution >= 4 is 11.9 Å². The van der Waals surface area contributed by atoms with Crippen molar-refractivity contribution in [3.8, 4) is 0 Å². The van der Waals surface area contributed by atoms with Crippen molar-refractivity contribution in [2.45, 2.75) is 34.6 Å². The van der Waals surface area contributed by atoms with Crippen molar-refractivity contribution in [1.29, 1.82) is 0 Å². The molecule has 0 N–H and O–H groups in total. The van der Waals surface area contributed by atoms with Gasteiger partial charge in [0.05, 0.1) is 11.9 Å². The molecule has 0 aromatic carbocycles. The van der Waals surface area contributed by atoms with Crippen molar-refractivity contribution in [3.63, 3.8) is 0 Å². The summed E-state index contributed by atoms with van der Waals surface area (Å²) in [5.41, 5.74) is 1.95. The molecule has 0 aliphatic rings. The summed E-state index contributed by atoms with van der Waals surface area (Å²) in [6, 6.07) is 0. The van der Waals surface area contributed by atoms with E-state index in [1.54, 1.807) is 23.2 Å². The van der Waals surface area contributed by atoms with Crippen molar-refractivity contribution in [2.24, 2.45) is 12.0 Å². The van der Waals surface area contributed by atoms with Crippen LogP contribution in [0.2, 0.25) is 0 Å². The van der Waals surface area contributed by atoms with E-state index in [2.05, 4.69) is 16.7 Å². The van der Waals surface area contributed by atoms with Gasteiger partial charge in [0.15, 0.2) is 0 Å². The summed E-state index contributed by atoms with van der Waals surface area (Å²) in [5, 5.41) is 4.04. The van der Waals surface area contributed by atoms with E-state index >= 15 is 0 Å². The van der Waals surface area contributed by atoms with E-state index in [0.717, 1.165) is 11.4 Å². The fourth-order valence-corrected chi connectivity index (χ4v) is 0.747. The van der Waals surface area contributed by atoms with Crippen molar-refractivity contribution in [1.82, 2.24) is 9.78 Å². The Hall–Kier alpha value is -1.38. The molecule has 1 rings (SSSR count). The van der Waals surface area contributed by atoms with E-state index in [0.29, 0.717) is 0 Å². The summed E-state index contributed by atoms with van der Waals surface area (Å²) in [4.78, 5) is 4.12. The fourth-order valence-electron chi connectivity index (χ4n) is 0.747. The van der Waals surface area contributed by atoms with Crippen LogP contribution < -0.4 is 0 Å². The van der Waals surface area contributed by atoms with Crippen LogP contribution in [0.15, 0.2) is 23.8 Å². The molecular weight excluding hydrogens is 186 g/mol. The van der Waals surface area contributed by atoms with E-state index in [9.17, 15) is 0 Å². The molecule has 0 unspecified atom stereocenters. The lowest BCUT2D eigenvalue weighted by Gasteiger charge is -1.91. The van der Waals surface area contributed by atoms with E-state index in [1.807, 2.05) is 41.7 Å². The highest BCUT2D eigenvalue weighted by Gasteiger charge is 1.98. The Labute approximate surface area is 93.5 Å². The van der Waals surface area contributed by atoms with E-state index in [-0.39, 0.29) is 0 Å². The minimum atomic E-state index is 0.896. The quantitative estimate of drug-likeness (QED) is 0.683. The molecule has 0 saturated heterocycles. The Morgan fingerprint density at radius 1 is 1.33 bits per heavy atom. The van der Waals surface area contributed by atoms with Crippen LogP contribution >= 0.6 is 0 Å². The number of aromatic nitrogens is 2. The molecule has 0 amide bonds. The summed E-state index contributed by atoms with van der Waals surface area (Å²) in [6.07, 6.45) is 5.03. The number of aryl methyl sites for hydroxylation is 1. The average Bonchev–Trinajstić information content (AvgIpc) is 2.63. The van der Waals surface area contributed by atoms with Crippen LogP contribution in [0, 0.1) is 6.92 Å². The number of hydrogen-bond donors (Lipinski definition) is 0. The first-order valence-corrected chi connectivity index (χ1v) is 5.39. The highest BCUT2D eigenvalue weighted by atomic mass is 15.3. The first kappa shape index (κ1) is 16.1. The molecule has 3 heteroatoms. The van der Waals surface area contributed by atoms with Gasteiger partial charge in [0.2, 0.25) is 0 Å². The first-order chi connectivity index (χ1) is 7.25. The van der Waals surface area contributed by atoms with Gasteiger partial charge in [-0.2, -0.15) is 5.10 Å². The summed E-state index contributed by atoms with van der Waals surface area (Å²) in [6.45, 7) is 13.5. The minimum absolute atomic E-state index is 0.896. The van der Waals surface area contributed by atoms with E-state index in [1.165, 1.54) is 0 Å². The standard InChI is InChI=1S/C8H11N3.2C2H6/c1-4-5-9-8-6-10-11(3)7(8)2;2*1-2/h4-6H,1H2,2-3H3;2*1-2H3. The molecule has 0 aliphatic carbocycles. The number of rotatable bonds is 2. The molecule has 0 atom stereocenters. The Kier molecular flexibility index (Phi) is 11.5. The van der Waals surface area contributed by atoms with Crippen LogP contribution in [0.4, 0.5) is 5.69 Å². The predicted octanol–water partition coefficient (Wildman–Crippen LogP) is 3.67. The Morgan fingerprint density at radius 3 is 2.20 bits per heavy atom. The SMILES string of the molecule is C=CC=Nc1cnn(C)c1C.CC.CC. The smallest absolute Gasteiger partial charge is 0.104 e. The van der Waals surface area contributed by atoms with Gasteiger partial charge in [0, 0.05) is 13.3 Å². The molecule has 0 aliphatic heterocycles. The largest absolute Gasteiger partial charge is 0.271 e. The average molecular weight is 209 g/mol. The third kappa shape index (κ3) is 5.83. The Balaban J connectivity index is 0. The molecule has 3 nitrogen and oxygen atoms in total. The second-order valence-corrected chi connectivity index (χ2v) is 2.25. The molecule has 1 heterocycles. The molecule has 0 saturated carbocycles. The van der Waals surface area contributed by atoms with Crippen LogP contribution in [0.3, 0.4) is 0 Å². The maximum Gasteiger partial charge on any atom is 0.104 e. The summed E-state index contributed by atoms with van der Waals surface area (Å²) in [7, 11) is 1.89. The van der Waals surface area contributed by atoms with Gasteiger partial charge in [0.1, 0.15) is 5.69 Å². The van der Waals surface area contributed by atoms with Crippen molar-refractivity contribution < 1.29 is 0 Å². The lowest BCUT2D eigenvalue weighted by molar-refractivity contribution is 0.740. The highest BCUT2D eigenvalue weighted by molar-refractivity contribution is 5.73. The van der Waals surface area contributed by atoms with Crippen LogP contribution in [0.1, 0.15) is 33.4 Å².